The maximum atomic E-state index is 12.5. The van der Waals surface area contributed by atoms with E-state index in [9.17, 15) is 4.79 Å². The number of hydrogen-bond acceptors (Lipinski definition) is 5. The lowest BCUT2D eigenvalue weighted by molar-refractivity contribution is 0.0977. The molecule has 6 nitrogen and oxygen atoms in total. The third-order valence-corrected chi connectivity index (χ3v) is 5.04. The normalized spacial score (nSPS) is 10.7. The van der Waals surface area contributed by atoms with E-state index in [-0.39, 0.29) is 11.0 Å². The van der Waals surface area contributed by atoms with Gasteiger partial charge in [0.1, 0.15) is 11.3 Å². The van der Waals surface area contributed by atoms with Crippen LogP contribution in [0.25, 0.3) is 22.6 Å². The van der Waals surface area contributed by atoms with Gasteiger partial charge >= 0.3 is 0 Å². The van der Waals surface area contributed by atoms with Crippen molar-refractivity contribution in [3.8, 4) is 17.2 Å². The van der Waals surface area contributed by atoms with E-state index in [4.69, 9.17) is 21.4 Å². The number of nitrogens with one attached hydrogen (secondary N) is 2. The number of nitrogens with zero attached hydrogens (tertiary/aromatic N) is 1. The van der Waals surface area contributed by atoms with E-state index in [1.54, 1.807) is 31.4 Å². The summed E-state index contributed by atoms with van der Waals surface area (Å²) in [6.45, 7) is 3.97. The molecule has 0 saturated heterocycles. The van der Waals surface area contributed by atoms with E-state index < -0.39 is 0 Å². The summed E-state index contributed by atoms with van der Waals surface area (Å²) in [4.78, 5) is 17.1. The first kappa shape index (κ1) is 20.6. The summed E-state index contributed by atoms with van der Waals surface area (Å²) in [5.74, 6) is 0.804. The molecule has 1 aromatic heterocycles. The van der Waals surface area contributed by atoms with Gasteiger partial charge in [0.15, 0.2) is 10.7 Å². The van der Waals surface area contributed by atoms with Crippen molar-refractivity contribution >= 4 is 40.0 Å². The molecule has 0 atom stereocenters. The Labute approximate surface area is 185 Å². The first-order valence-electron chi connectivity index (χ1n) is 9.67. The molecule has 7 heteroatoms. The molecule has 0 aliphatic heterocycles. The number of thiocarbonyl (C=S) groups is 1. The number of hydrogen-bond donors (Lipinski definition) is 2. The second-order valence-corrected chi connectivity index (χ2v) is 7.57. The molecule has 4 aromatic rings. The van der Waals surface area contributed by atoms with Crippen molar-refractivity contribution in [1.29, 1.82) is 0 Å². The van der Waals surface area contributed by atoms with Gasteiger partial charge in [-0.1, -0.05) is 18.2 Å². The zero-order valence-corrected chi connectivity index (χ0v) is 18.2. The molecule has 4 rings (SSSR count). The minimum atomic E-state index is -0.320. The number of aromatic nitrogens is 1. The van der Waals surface area contributed by atoms with Crippen LogP contribution in [0.15, 0.2) is 65.1 Å². The smallest absolute Gasteiger partial charge is 0.257 e. The van der Waals surface area contributed by atoms with Gasteiger partial charge in [-0.05, 0) is 79.7 Å². The summed E-state index contributed by atoms with van der Waals surface area (Å²) in [6.07, 6.45) is 0. The highest BCUT2D eigenvalue weighted by Crippen LogP contribution is 2.28. The molecule has 0 aliphatic rings. The Morgan fingerprint density at radius 2 is 1.90 bits per heavy atom. The van der Waals surface area contributed by atoms with Crippen molar-refractivity contribution in [2.75, 3.05) is 12.4 Å². The summed E-state index contributed by atoms with van der Waals surface area (Å²) in [5.41, 5.74) is 5.65. The van der Waals surface area contributed by atoms with Crippen LogP contribution in [0.4, 0.5) is 5.69 Å². The minimum absolute atomic E-state index is 0.196. The van der Waals surface area contributed by atoms with Gasteiger partial charge in [0.05, 0.1) is 7.11 Å². The van der Waals surface area contributed by atoms with Gasteiger partial charge in [0.2, 0.25) is 5.89 Å². The molecule has 0 bridgehead atoms. The average Bonchev–Trinajstić information content (AvgIpc) is 3.18. The van der Waals surface area contributed by atoms with Gasteiger partial charge in [0, 0.05) is 16.8 Å². The van der Waals surface area contributed by atoms with E-state index in [0.29, 0.717) is 17.2 Å². The van der Waals surface area contributed by atoms with Crippen molar-refractivity contribution < 1.29 is 13.9 Å². The van der Waals surface area contributed by atoms with Crippen molar-refractivity contribution in [3.05, 3.63) is 77.4 Å². The molecule has 2 N–H and O–H groups in total. The number of carbonyl (C=O) groups excluding carboxylic acids is 1. The summed E-state index contributed by atoms with van der Waals surface area (Å²) in [5, 5.41) is 5.98. The number of aryl methyl sites for hydroxylation is 2. The Kier molecular flexibility index (Phi) is 5.68. The highest BCUT2D eigenvalue weighted by Gasteiger charge is 2.13. The number of amides is 1. The number of rotatable bonds is 4. The summed E-state index contributed by atoms with van der Waals surface area (Å²) in [6, 6.07) is 18.5. The number of anilines is 1. The van der Waals surface area contributed by atoms with Crippen LogP contribution in [-0.2, 0) is 0 Å². The van der Waals surface area contributed by atoms with E-state index in [1.807, 2.05) is 50.2 Å². The SMILES string of the molecule is COc1cccc(C(=O)NC(=S)Nc2cc(-c3nc4cc(C)ccc4o3)ccc2C)c1. The van der Waals surface area contributed by atoms with E-state index in [0.717, 1.165) is 33.5 Å². The quantitative estimate of drug-likeness (QED) is 0.430. The standard InChI is InChI=1S/C24H21N3O3S/c1-14-7-10-21-20(11-14)25-23(30-21)17-9-8-15(2)19(13-17)26-24(31)27-22(28)16-5-4-6-18(12-16)29-3/h4-13H,1-3H3,(H2,26,27,28,31). The molecule has 156 valence electrons. The van der Waals surface area contributed by atoms with E-state index in [2.05, 4.69) is 15.6 Å². The lowest BCUT2D eigenvalue weighted by Crippen LogP contribution is -2.34. The van der Waals surface area contributed by atoms with E-state index in [1.165, 1.54) is 0 Å². The first-order chi connectivity index (χ1) is 14.9. The summed E-state index contributed by atoms with van der Waals surface area (Å²) < 4.78 is 11.1. The van der Waals surface area contributed by atoms with Crippen LogP contribution in [0.3, 0.4) is 0 Å². The Bertz CT molecular complexity index is 1300. The fourth-order valence-electron chi connectivity index (χ4n) is 3.14. The maximum absolute atomic E-state index is 12.5. The Hall–Kier alpha value is -3.71. The minimum Gasteiger partial charge on any atom is -0.497 e. The molecule has 0 aliphatic carbocycles. The van der Waals surface area contributed by atoms with E-state index >= 15 is 0 Å². The van der Waals surface area contributed by atoms with Crippen molar-refractivity contribution in [1.82, 2.24) is 10.3 Å². The zero-order valence-electron chi connectivity index (χ0n) is 17.4. The summed E-state index contributed by atoms with van der Waals surface area (Å²) >= 11 is 5.35. The monoisotopic (exact) mass is 431 g/mol. The predicted molar refractivity (Wildman–Crippen MR) is 126 cm³/mol. The molecular formula is C24H21N3O3S. The molecule has 1 heterocycles. The second kappa shape index (κ2) is 8.57. The van der Waals surface area contributed by atoms with Gasteiger partial charge in [-0.25, -0.2) is 4.98 Å². The van der Waals surface area contributed by atoms with Crippen LogP contribution in [0.5, 0.6) is 5.75 Å². The lowest BCUT2D eigenvalue weighted by atomic mass is 10.1. The van der Waals surface area contributed by atoms with Crippen LogP contribution in [0, 0.1) is 13.8 Å². The largest absolute Gasteiger partial charge is 0.497 e. The second-order valence-electron chi connectivity index (χ2n) is 7.16. The Morgan fingerprint density at radius 1 is 1.06 bits per heavy atom. The van der Waals surface area contributed by atoms with Crippen molar-refractivity contribution in [3.63, 3.8) is 0 Å². The maximum Gasteiger partial charge on any atom is 0.257 e. The summed E-state index contributed by atoms with van der Waals surface area (Å²) in [7, 11) is 1.55. The highest BCUT2D eigenvalue weighted by molar-refractivity contribution is 7.80. The third-order valence-electron chi connectivity index (χ3n) is 4.83. The van der Waals surface area contributed by atoms with Crippen LogP contribution >= 0.6 is 12.2 Å². The molecule has 0 fully saturated rings. The molecular weight excluding hydrogens is 410 g/mol. The first-order valence-corrected chi connectivity index (χ1v) is 10.1. The van der Waals surface area contributed by atoms with Crippen LogP contribution in [0.2, 0.25) is 0 Å². The predicted octanol–water partition coefficient (Wildman–Crippen LogP) is 5.25. The number of oxazole rings is 1. The van der Waals surface area contributed by atoms with Gasteiger partial charge in [-0.3, -0.25) is 10.1 Å². The third kappa shape index (κ3) is 4.57. The van der Waals surface area contributed by atoms with Gasteiger partial charge in [-0.15, -0.1) is 0 Å². The number of carbonyl (C=O) groups is 1. The van der Waals surface area contributed by atoms with Gasteiger partial charge in [0.25, 0.3) is 5.91 Å². The molecule has 3 aromatic carbocycles. The molecule has 0 spiro atoms. The molecule has 0 saturated carbocycles. The van der Waals surface area contributed by atoms with Gasteiger partial charge in [-0.2, -0.15) is 0 Å². The van der Waals surface area contributed by atoms with Crippen molar-refractivity contribution in [2.45, 2.75) is 13.8 Å². The molecule has 31 heavy (non-hydrogen) atoms. The number of benzene rings is 3. The average molecular weight is 432 g/mol. The molecule has 0 unspecified atom stereocenters. The number of ether oxygens (including phenoxy) is 1. The van der Waals surface area contributed by atoms with Crippen LogP contribution in [0.1, 0.15) is 21.5 Å². The highest BCUT2D eigenvalue weighted by atomic mass is 32.1. The van der Waals surface area contributed by atoms with Crippen molar-refractivity contribution in [2.24, 2.45) is 0 Å². The van der Waals surface area contributed by atoms with Gasteiger partial charge < -0.3 is 14.5 Å². The lowest BCUT2D eigenvalue weighted by Gasteiger charge is -2.13. The molecule has 1 amide bonds. The topological polar surface area (TPSA) is 76.4 Å². The fourth-order valence-corrected chi connectivity index (χ4v) is 3.35. The van der Waals surface area contributed by atoms with Crippen LogP contribution in [-0.4, -0.2) is 23.1 Å². The Balaban J connectivity index is 1.52. The number of fused-ring (bicyclic) bond motifs is 1. The molecule has 0 radical (unpaired) electrons. The number of methoxy groups -OCH3 is 1. The zero-order chi connectivity index (χ0) is 22.0. The fraction of sp³-hybridized carbons (Fsp3) is 0.125. The van der Waals surface area contributed by atoms with Crippen LogP contribution < -0.4 is 15.4 Å². The Morgan fingerprint density at radius 3 is 2.71 bits per heavy atom.